The fourth-order valence-corrected chi connectivity index (χ4v) is 1.85. The van der Waals surface area contributed by atoms with Crippen LogP contribution in [-0.2, 0) is 0 Å². The molecule has 52 valence electrons. The van der Waals surface area contributed by atoms with Crippen LogP contribution in [0.5, 0.6) is 0 Å². The first-order valence-corrected chi connectivity index (χ1v) is 3.62. The van der Waals surface area contributed by atoms with Gasteiger partial charge in [0.15, 0.2) is 0 Å². The van der Waals surface area contributed by atoms with Crippen LogP contribution in [0, 0.1) is 5.92 Å². The number of nitrogens with zero attached hydrogens (tertiary/aromatic N) is 1. The number of aliphatic hydroxyl groups is 1. The zero-order valence-electron chi connectivity index (χ0n) is 5.80. The van der Waals surface area contributed by atoms with Crippen LogP contribution in [0.3, 0.4) is 0 Å². The maximum Gasteiger partial charge on any atom is 0.0807 e. The van der Waals surface area contributed by atoms with Crippen LogP contribution in [0.2, 0.25) is 0 Å². The summed E-state index contributed by atoms with van der Waals surface area (Å²) in [4.78, 5) is 2.21. The molecule has 2 atom stereocenters. The van der Waals surface area contributed by atoms with E-state index in [1.54, 1.807) is 0 Å². The van der Waals surface area contributed by atoms with Gasteiger partial charge < -0.3 is 10.0 Å². The van der Waals surface area contributed by atoms with Gasteiger partial charge in [0.1, 0.15) is 0 Å². The highest BCUT2D eigenvalue weighted by atomic mass is 16.3. The first-order valence-electron chi connectivity index (χ1n) is 3.62. The smallest absolute Gasteiger partial charge is 0.0807 e. The lowest BCUT2D eigenvalue weighted by atomic mass is 10.1. The molecule has 2 nitrogen and oxygen atoms in total. The SMILES string of the molecule is CN1CC[C@H]2C[C@@]2(O)C1. The van der Waals surface area contributed by atoms with Gasteiger partial charge in [-0.15, -0.1) is 0 Å². The number of fused-ring (bicyclic) bond motifs is 1. The number of hydrogen-bond donors (Lipinski definition) is 1. The summed E-state index contributed by atoms with van der Waals surface area (Å²) in [5.74, 6) is 0.647. The molecule has 1 aliphatic heterocycles. The van der Waals surface area contributed by atoms with Gasteiger partial charge in [0.05, 0.1) is 5.60 Å². The topological polar surface area (TPSA) is 23.5 Å². The molecule has 9 heavy (non-hydrogen) atoms. The van der Waals surface area contributed by atoms with Crippen LogP contribution in [0.1, 0.15) is 12.8 Å². The number of likely N-dealkylation sites (tertiary alicyclic amines) is 1. The van der Waals surface area contributed by atoms with Crippen LogP contribution in [0.4, 0.5) is 0 Å². The molecule has 0 aromatic rings. The van der Waals surface area contributed by atoms with Crippen molar-refractivity contribution in [3.63, 3.8) is 0 Å². The van der Waals surface area contributed by atoms with Gasteiger partial charge in [-0.1, -0.05) is 0 Å². The van der Waals surface area contributed by atoms with E-state index in [2.05, 4.69) is 11.9 Å². The van der Waals surface area contributed by atoms with E-state index in [0.717, 1.165) is 13.0 Å². The van der Waals surface area contributed by atoms with Crippen LogP contribution in [0.15, 0.2) is 0 Å². The summed E-state index contributed by atoms with van der Waals surface area (Å²) in [6, 6.07) is 0. The first-order chi connectivity index (χ1) is 4.21. The zero-order chi connectivity index (χ0) is 6.48. The van der Waals surface area contributed by atoms with Gasteiger partial charge in [-0.05, 0) is 32.4 Å². The molecule has 2 aliphatic rings. The molecule has 1 saturated heterocycles. The average molecular weight is 127 g/mol. The molecule has 0 amide bonds. The fourth-order valence-electron chi connectivity index (χ4n) is 1.85. The standard InChI is InChI=1S/C7H13NO/c1-8-3-2-6-4-7(6,9)5-8/h6,9H,2-5H2,1H3/t6-,7+/m0/s1. The Bertz CT molecular complexity index is 137. The van der Waals surface area contributed by atoms with Crippen molar-refractivity contribution in [2.45, 2.75) is 18.4 Å². The Labute approximate surface area is 55.5 Å². The van der Waals surface area contributed by atoms with Crippen molar-refractivity contribution in [2.75, 3.05) is 20.1 Å². The molecule has 0 radical (unpaired) electrons. The van der Waals surface area contributed by atoms with E-state index in [4.69, 9.17) is 0 Å². The fraction of sp³-hybridized carbons (Fsp3) is 1.00. The quantitative estimate of drug-likeness (QED) is 0.498. The lowest BCUT2D eigenvalue weighted by molar-refractivity contribution is 0.0624. The molecule has 0 aromatic carbocycles. The Kier molecular flexibility index (Phi) is 0.945. The highest BCUT2D eigenvalue weighted by Gasteiger charge is 2.54. The van der Waals surface area contributed by atoms with Crippen molar-refractivity contribution in [1.82, 2.24) is 4.90 Å². The molecule has 0 bridgehead atoms. The molecule has 1 heterocycles. The predicted molar refractivity (Wildman–Crippen MR) is 35.2 cm³/mol. The van der Waals surface area contributed by atoms with E-state index in [9.17, 15) is 5.11 Å². The summed E-state index contributed by atoms with van der Waals surface area (Å²) in [5, 5.41) is 9.58. The maximum absolute atomic E-state index is 9.58. The van der Waals surface area contributed by atoms with Crippen LogP contribution in [-0.4, -0.2) is 35.7 Å². The van der Waals surface area contributed by atoms with Crippen molar-refractivity contribution in [1.29, 1.82) is 0 Å². The second-order valence-corrected chi connectivity index (χ2v) is 3.53. The Hall–Kier alpha value is -0.0800. The van der Waals surface area contributed by atoms with E-state index in [-0.39, 0.29) is 5.60 Å². The Morgan fingerprint density at radius 2 is 2.44 bits per heavy atom. The third-order valence-corrected chi connectivity index (χ3v) is 2.60. The van der Waals surface area contributed by atoms with E-state index >= 15 is 0 Å². The molecule has 1 saturated carbocycles. The average Bonchev–Trinajstić information content (AvgIpc) is 2.38. The molecule has 0 aromatic heterocycles. The van der Waals surface area contributed by atoms with Crippen LogP contribution >= 0.6 is 0 Å². The number of piperidine rings is 1. The largest absolute Gasteiger partial charge is 0.388 e. The Balaban J connectivity index is 2.03. The minimum absolute atomic E-state index is 0.257. The minimum Gasteiger partial charge on any atom is -0.388 e. The number of rotatable bonds is 0. The monoisotopic (exact) mass is 127 g/mol. The van der Waals surface area contributed by atoms with Gasteiger partial charge in [0.25, 0.3) is 0 Å². The summed E-state index contributed by atoms with van der Waals surface area (Å²) in [6.45, 7) is 2.07. The second-order valence-electron chi connectivity index (χ2n) is 3.53. The van der Waals surface area contributed by atoms with Crippen molar-refractivity contribution < 1.29 is 5.11 Å². The molecule has 2 rings (SSSR count). The molecule has 2 fully saturated rings. The van der Waals surface area contributed by atoms with Gasteiger partial charge in [0, 0.05) is 6.54 Å². The summed E-state index contributed by atoms with van der Waals surface area (Å²) >= 11 is 0. The number of β-amino-alcohol motifs (C(OH)–C–C–N with tert-alkyl or cyclic N) is 1. The Morgan fingerprint density at radius 1 is 1.67 bits per heavy atom. The molecular weight excluding hydrogens is 114 g/mol. The van der Waals surface area contributed by atoms with Gasteiger partial charge in [-0.2, -0.15) is 0 Å². The minimum atomic E-state index is -0.257. The van der Waals surface area contributed by atoms with Gasteiger partial charge in [0.2, 0.25) is 0 Å². The third kappa shape index (κ3) is 0.775. The van der Waals surface area contributed by atoms with E-state index < -0.39 is 0 Å². The third-order valence-electron chi connectivity index (χ3n) is 2.60. The van der Waals surface area contributed by atoms with Gasteiger partial charge in [-0.3, -0.25) is 0 Å². The van der Waals surface area contributed by atoms with E-state index in [0.29, 0.717) is 5.92 Å². The summed E-state index contributed by atoms with van der Waals surface area (Å²) < 4.78 is 0. The molecule has 2 heteroatoms. The van der Waals surface area contributed by atoms with Gasteiger partial charge >= 0.3 is 0 Å². The normalized spacial score (nSPS) is 50.7. The maximum atomic E-state index is 9.58. The lowest BCUT2D eigenvalue weighted by Gasteiger charge is -2.25. The number of likely N-dealkylation sites (N-methyl/N-ethyl adjacent to an activating group) is 1. The van der Waals surface area contributed by atoms with Crippen molar-refractivity contribution >= 4 is 0 Å². The second kappa shape index (κ2) is 1.50. The van der Waals surface area contributed by atoms with Gasteiger partial charge in [-0.25, -0.2) is 0 Å². The first kappa shape index (κ1) is 5.69. The summed E-state index contributed by atoms with van der Waals surface area (Å²) in [7, 11) is 2.08. The van der Waals surface area contributed by atoms with Crippen molar-refractivity contribution in [2.24, 2.45) is 5.92 Å². The zero-order valence-corrected chi connectivity index (χ0v) is 5.80. The molecular formula is C7H13NO. The van der Waals surface area contributed by atoms with E-state index in [1.807, 2.05) is 0 Å². The van der Waals surface area contributed by atoms with Crippen molar-refractivity contribution in [3.05, 3.63) is 0 Å². The summed E-state index contributed by atoms with van der Waals surface area (Å²) in [6.07, 6.45) is 2.25. The Morgan fingerprint density at radius 3 is 3.00 bits per heavy atom. The molecule has 0 spiro atoms. The molecule has 1 aliphatic carbocycles. The van der Waals surface area contributed by atoms with Crippen molar-refractivity contribution in [3.8, 4) is 0 Å². The highest BCUT2D eigenvalue weighted by Crippen LogP contribution is 2.48. The van der Waals surface area contributed by atoms with E-state index in [1.165, 1.54) is 13.0 Å². The summed E-state index contributed by atoms with van der Waals surface area (Å²) in [5.41, 5.74) is -0.257. The highest BCUT2D eigenvalue weighted by molar-refractivity contribution is 5.07. The number of hydrogen-bond acceptors (Lipinski definition) is 2. The lowest BCUT2D eigenvalue weighted by Crippen LogP contribution is -2.37. The van der Waals surface area contributed by atoms with Crippen LogP contribution in [0.25, 0.3) is 0 Å². The molecule has 0 unspecified atom stereocenters. The van der Waals surface area contributed by atoms with Crippen LogP contribution < -0.4 is 0 Å². The molecule has 1 N–H and O–H groups in total. The predicted octanol–water partition coefficient (Wildman–Crippen LogP) is 0.0729.